The van der Waals surface area contributed by atoms with Gasteiger partial charge in [-0.05, 0) is 61.5 Å². The fraction of sp³-hybridized carbons (Fsp3) is 0.130. The average molecular weight is 442 g/mol. The Kier molecular flexibility index (Phi) is 7.33. The van der Waals surface area contributed by atoms with Crippen molar-refractivity contribution in [1.29, 1.82) is 0 Å². The molecule has 0 aliphatic rings. The van der Waals surface area contributed by atoms with E-state index in [1.165, 1.54) is 0 Å². The summed E-state index contributed by atoms with van der Waals surface area (Å²) in [6, 6.07) is 21.4. The monoisotopic (exact) mass is 441 g/mol. The molecule has 0 aliphatic heterocycles. The molecule has 3 aromatic rings. The second-order valence-corrected chi connectivity index (χ2v) is 7.31. The van der Waals surface area contributed by atoms with Crippen LogP contribution in [-0.4, -0.2) is 24.9 Å². The minimum Gasteiger partial charge on any atom is -0.376 e. The Balaban J connectivity index is 1.58. The van der Waals surface area contributed by atoms with Gasteiger partial charge in [-0.1, -0.05) is 41.4 Å². The van der Waals surface area contributed by atoms with Crippen LogP contribution in [0.3, 0.4) is 0 Å². The van der Waals surface area contributed by atoms with Crippen LogP contribution in [0.1, 0.15) is 17.3 Å². The fourth-order valence-electron chi connectivity index (χ4n) is 2.90. The molecule has 0 aromatic heterocycles. The van der Waals surface area contributed by atoms with Gasteiger partial charge in [0, 0.05) is 29.2 Å². The van der Waals surface area contributed by atoms with E-state index in [2.05, 4.69) is 10.6 Å². The summed E-state index contributed by atoms with van der Waals surface area (Å²) in [7, 11) is 0. The zero-order chi connectivity index (χ0) is 21.5. The molecule has 3 aromatic carbocycles. The molecule has 2 amide bonds. The summed E-state index contributed by atoms with van der Waals surface area (Å²) < 4.78 is 0. The van der Waals surface area contributed by atoms with Crippen molar-refractivity contribution in [2.75, 3.05) is 28.6 Å². The summed E-state index contributed by atoms with van der Waals surface area (Å²) in [6.07, 6.45) is 0. The molecule has 0 fully saturated rings. The van der Waals surface area contributed by atoms with Gasteiger partial charge >= 0.3 is 0 Å². The first-order chi connectivity index (χ1) is 14.5. The quantitative estimate of drug-likeness (QED) is 0.493. The topological polar surface area (TPSA) is 61.4 Å². The summed E-state index contributed by atoms with van der Waals surface area (Å²) in [5.74, 6) is -0.317. The number of hydrogen-bond acceptors (Lipinski definition) is 3. The lowest BCUT2D eigenvalue weighted by Crippen LogP contribution is -2.30. The zero-order valence-corrected chi connectivity index (χ0v) is 17.9. The highest BCUT2D eigenvalue weighted by atomic mass is 35.5. The van der Waals surface area contributed by atoms with Gasteiger partial charge in [0.1, 0.15) is 0 Å². The number of nitrogens with zero attached hydrogens (tertiary/aromatic N) is 1. The molecule has 0 heterocycles. The van der Waals surface area contributed by atoms with Crippen molar-refractivity contribution in [2.45, 2.75) is 6.92 Å². The lowest BCUT2D eigenvalue weighted by Gasteiger charge is -2.21. The first kappa shape index (κ1) is 21.7. The van der Waals surface area contributed by atoms with Crippen LogP contribution in [0.2, 0.25) is 10.0 Å². The van der Waals surface area contributed by atoms with Crippen LogP contribution >= 0.6 is 23.2 Å². The van der Waals surface area contributed by atoms with Gasteiger partial charge < -0.3 is 15.5 Å². The van der Waals surface area contributed by atoms with Crippen LogP contribution < -0.4 is 15.5 Å². The van der Waals surface area contributed by atoms with Crippen molar-refractivity contribution < 1.29 is 9.59 Å². The van der Waals surface area contributed by atoms with E-state index in [-0.39, 0.29) is 18.4 Å². The van der Waals surface area contributed by atoms with Crippen molar-refractivity contribution >= 4 is 52.1 Å². The maximum atomic E-state index is 12.8. The standard InChI is InChI=1S/C23H21Cl2N3O2/c1-2-28(19-6-4-3-5-7-19)23(30)16-8-10-17(11-9-16)27-22(29)15-26-18-12-13-20(24)21(25)14-18/h3-14,26H,2,15H2,1H3,(H,27,29). The molecule has 2 N–H and O–H groups in total. The highest BCUT2D eigenvalue weighted by molar-refractivity contribution is 6.42. The van der Waals surface area contributed by atoms with E-state index in [4.69, 9.17) is 23.2 Å². The second kappa shape index (κ2) is 10.1. The predicted molar refractivity (Wildman–Crippen MR) is 124 cm³/mol. The van der Waals surface area contributed by atoms with Gasteiger partial charge in [-0.2, -0.15) is 0 Å². The van der Waals surface area contributed by atoms with Gasteiger partial charge in [0.05, 0.1) is 16.6 Å². The number of nitrogens with one attached hydrogen (secondary N) is 2. The van der Waals surface area contributed by atoms with Crippen LogP contribution in [0.5, 0.6) is 0 Å². The first-order valence-corrected chi connectivity index (χ1v) is 10.2. The minimum absolute atomic E-state index is 0.0657. The molecule has 0 saturated carbocycles. The lowest BCUT2D eigenvalue weighted by atomic mass is 10.1. The molecule has 0 saturated heterocycles. The maximum Gasteiger partial charge on any atom is 0.258 e. The molecule has 0 bridgehead atoms. The van der Waals surface area contributed by atoms with Crippen LogP contribution in [0.4, 0.5) is 17.1 Å². The number of carbonyl (C=O) groups excluding carboxylic acids is 2. The summed E-state index contributed by atoms with van der Waals surface area (Å²) >= 11 is 11.9. The van der Waals surface area contributed by atoms with Crippen LogP contribution in [0, 0.1) is 0 Å². The third kappa shape index (κ3) is 5.53. The van der Waals surface area contributed by atoms with Crippen molar-refractivity contribution in [3.05, 3.63) is 88.4 Å². The average Bonchev–Trinajstić information content (AvgIpc) is 2.76. The third-order valence-electron chi connectivity index (χ3n) is 4.42. The number of rotatable bonds is 7. The number of benzene rings is 3. The second-order valence-electron chi connectivity index (χ2n) is 6.49. The van der Waals surface area contributed by atoms with Crippen LogP contribution in [0.15, 0.2) is 72.8 Å². The summed E-state index contributed by atoms with van der Waals surface area (Å²) in [5, 5.41) is 6.65. The molecule has 5 nitrogen and oxygen atoms in total. The van der Waals surface area contributed by atoms with Crippen molar-refractivity contribution in [2.24, 2.45) is 0 Å². The molecule has 3 rings (SSSR count). The van der Waals surface area contributed by atoms with Gasteiger partial charge in [0.2, 0.25) is 5.91 Å². The molecule has 0 radical (unpaired) electrons. The Morgan fingerprint density at radius 2 is 1.53 bits per heavy atom. The normalized spacial score (nSPS) is 10.4. The van der Waals surface area contributed by atoms with Gasteiger partial charge in [-0.3, -0.25) is 9.59 Å². The molecule has 0 aliphatic carbocycles. The molecule has 7 heteroatoms. The van der Waals surface area contributed by atoms with Gasteiger partial charge in [-0.25, -0.2) is 0 Å². The Bertz CT molecular complexity index is 1020. The number of halogens is 2. The molecule has 0 unspecified atom stereocenters. The first-order valence-electron chi connectivity index (χ1n) is 9.43. The molecular formula is C23H21Cl2N3O2. The smallest absolute Gasteiger partial charge is 0.258 e. The van der Waals surface area contributed by atoms with E-state index in [1.54, 1.807) is 47.4 Å². The van der Waals surface area contributed by atoms with E-state index in [9.17, 15) is 9.59 Å². The summed E-state index contributed by atoms with van der Waals surface area (Å²) in [6.45, 7) is 2.55. The number of anilines is 3. The number of para-hydroxylation sites is 1. The fourth-order valence-corrected chi connectivity index (χ4v) is 3.20. The zero-order valence-electron chi connectivity index (χ0n) is 16.4. The van der Waals surface area contributed by atoms with E-state index in [0.717, 1.165) is 5.69 Å². The third-order valence-corrected chi connectivity index (χ3v) is 5.16. The van der Waals surface area contributed by atoms with Crippen molar-refractivity contribution in [1.82, 2.24) is 0 Å². The maximum absolute atomic E-state index is 12.8. The largest absolute Gasteiger partial charge is 0.376 e. The highest BCUT2D eigenvalue weighted by Gasteiger charge is 2.16. The Morgan fingerprint density at radius 1 is 0.867 bits per heavy atom. The van der Waals surface area contributed by atoms with Crippen LogP contribution in [0.25, 0.3) is 0 Å². The van der Waals surface area contributed by atoms with Crippen molar-refractivity contribution in [3.8, 4) is 0 Å². The Labute approximate surface area is 185 Å². The number of hydrogen-bond donors (Lipinski definition) is 2. The molecular weight excluding hydrogens is 421 g/mol. The Morgan fingerprint density at radius 3 is 2.17 bits per heavy atom. The van der Waals surface area contributed by atoms with E-state index in [1.807, 2.05) is 37.3 Å². The number of carbonyl (C=O) groups is 2. The van der Waals surface area contributed by atoms with E-state index in [0.29, 0.717) is 33.5 Å². The van der Waals surface area contributed by atoms with Gasteiger partial charge in [-0.15, -0.1) is 0 Å². The molecule has 30 heavy (non-hydrogen) atoms. The predicted octanol–water partition coefficient (Wildman–Crippen LogP) is 5.71. The van der Waals surface area contributed by atoms with Gasteiger partial charge in [0.25, 0.3) is 5.91 Å². The molecule has 0 spiro atoms. The van der Waals surface area contributed by atoms with E-state index >= 15 is 0 Å². The van der Waals surface area contributed by atoms with Crippen molar-refractivity contribution in [3.63, 3.8) is 0 Å². The number of amides is 2. The molecule has 154 valence electrons. The minimum atomic E-state index is -0.223. The highest BCUT2D eigenvalue weighted by Crippen LogP contribution is 2.25. The SMILES string of the molecule is CCN(C(=O)c1ccc(NC(=O)CNc2ccc(Cl)c(Cl)c2)cc1)c1ccccc1. The van der Waals surface area contributed by atoms with E-state index < -0.39 is 0 Å². The molecule has 0 atom stereocenters. The lowest BCUT2D eigenvalue weighted by molar-refractivity contribution is -0.114. The Hall–Kier alpha value is -3.02. The summed E-state index contributed by atoms with van der Waals surface area (Å²) in [5.41, 5.74) is 2.69. The summed E-state index contributed by atoms with van der Waals surface area (Å²) in [4.78, 5) is 26.7. The van der Waals surface area contributed by atoms with Crippen LogP contribution in [-0.2, 0) is 4.79 Å². The van der Waals surface area contributed by atoms with Gasteiger partial charge in [0.15, 0.2) is 0 Å².